The van der Waals surface area contributed by atoms with Crippen LogP contribution in [0.2, 0.25) is 0 Å². The maximum absolute atomic E-state index is 5.42. The van der Waals surface area contributed by atoms with Crippen LogP contribution >= 0.6 is 0 Å². The van der Waals surface area contributed by atoms with Crippen LogP contribution in [0.1, 0.15) is 33.6 Å². The number of nitrogens with zero attached hydrogens (tertiary/aromatic N) is 2. The van der Waals surface area contributed by atoms with Crippen molar-refractivity contribution < 1.29 is 4.74 Å². The van der Waals surface area contributed by atoms with E-state index in [1.807, 2.05) is 13.8 Å². The highest BCUT2D eigenvalue weighted by Crippen LogP contribution is 2.14. The van der Waals surface area contributed by atoms with Crippen LogP contribution in [0.4, 0.5) is 0 Å². The highest BCUT2D eigenvalue weighted by molar-refractivity contribution is 4.77. The molecule has 0 atom stereocenters. The van der Waals surface area contributed by atoms with E-state index in [1.54, 1.807) is 0 Å². The molecule has 0 aromatic heterocycles. The van der Waals surface area contributed by atoms with Gasteiger partial charge in [0.1, 0.15) is 0 Å². The average Bonchev–Trinajstić information content (AvgIpc) is 2.52. The van der Waals surface area contributed by atoms with Crippen molar-refractivity contribution in [1.29, 1.82) is 0 Å². The second kappa shape index (κ2) is 11.5. The average molecular weight is 285 g/mol. The highest BCUT2D eigenvalue weighted by Gasteiger charge is 2.20. The maximum Gasteiger partial charge on any atom is 0.0593 e. The molecule has 1 N–H and O–H groups in total. The summed E-state index contributed by atoms with van der Waals surface area (Å²) in [5.74, 6) is 0.932. The van der Waals surface area contributed by atoms with Gasteiger partial charge in [0.15, 0.2) is 0 Å². The van der Waals surface area contributed by atoms with E-state index in [-0.39, 0.29) is 0 Å². The van der Waals surface area contributed by atoms with E-state index < -0.39 is 0 Å². The Morgan fingerprint density at radius 1 is 1.00 bits per heavy atom. The molecule has 2 heterocycles. The third kappa shape index (κ3) is 7.02. The Balaban J connectivity index is 0.000000956. The molecule has 0 aliphatic carbocycles. The Kier molecular flexibility index (Phi) is 10.3. The van der Waals surface area contributed by atoms with Gasteiger partial charge in [0.05, 0.1) is 6.61 Å². The van der Waals surface area contributed by atoms with Gasteiger partial charge in [0.25, 0.3) is 0 Å². The summed E-state index contributed by atoms with van der Waals surface area (Å²) in [5, 5.41) is 3.45. The first-order chi connectivity index (χ1) is 9.88. The normalized spacial score (nSPS) is 22.4. The number of hydrogen-bond acceptors (Lipinski definition) is 4. The molecule has 2 aliphatic heterocycles. The predicted octanol–water partition coefficient (Wildman–Crippen LogP) is 1.67. The van der Waals surface area contributed by atoms with Gasteiger partial charge in [-0.3, -0.25) is 4.90 Å². The summed E-state index contributed by atoms with van der Waals surface area (Å²) < 4.78 is 5.42. The van der Waals surface area contributed by atoms with Crippen molar-refractivity contribution in [3.8, 4) is 0 Å². The predicted molar refractivity (Wildman–Crippen MR) is 86.3 cm³/mol. The summed E-state index contributed by atoms with van der Waals surface area (Å²) in [6.07, 6.45) is 2.73. The Labute approximate surface area is 125 Å². The van der Waals surface area contributed by atoms with Gasteiger partial charge in [0.2, 0.25) is 0 Å². The van der Waals surface area contributed by atoms with Crippen molar-refractivity contribution >= 4 is 0 Å². The fourth-order valence-electron chi connectivity index (χ4n) is 2.96. The van der Waals surface area contributed by atoms with E-state index in [0.717, 1.165) is 25.7 Å². The number of hydrogen-bond donors (Lipinski definition) is 1. The number of ether oxygens (including phenoxy) is 1. The molecule has 120 valence electrons. The van der Waals surface area contributed by atoms with Gasteiger partial charge in [-0.15, -0.1) is 0 Å². The van der Waals surface area contributed by atoms with Gasteiger partial charge >= 0.3 is 0 Å². The third-order valence-electron chi connectivity index (χ3n) is 4.20. The molecule has 4 nitrogen and oxygen atoms in total. The molecule has 0 amide bonds. The Morgan fingerprint density at radius 2 is 1.60 bits per heavy atom. The fraction of sp³-hybridized carbons (Fsp3) is 1.00. The minimum absolute atomic E-state index is 0.843. The molecule has 2 aliphatic rings. The molecule has 2 rings (SSSR count). The summed E-state index contributed by atoms with van der Waals surface area (Å²) in [5.41, 5.74) is 0. The highest BCUT2D eigenvalue weighted by atomic mass is 16.5. The lowest BCUT2D eigenvalue weighted by Gasteiger charge is -2.37. The van der Waals surface area contributed by atoms with E-state index in [0.29, 0.717) is 0 Å². The number of nitrogens with one attached hydrogen (secondary N) is 1. The molecule has 20 heavy (non-hydrogen) atoms. The van der Waals surface area contributed by atoms with Crippen LogP contribution in [0.15, 0.2) is 0 Å². The standard InChI is InChI=1S/C14H29N3O.C2H6/c1-2-18-12-11-16-7-9-17(10-8-16)13-14-3-5-15-6-4-14;1-2/h14-15H,2-13H2,1H3;1-2H3. The Hall–Kier alpha value is -0.160. The van der Waals surface area contributed by atoms with Crippen LogP contribution in [0.5, 0.6) is 0 Å². The summed E-state index contributed by atoms with van der Waals surface area (Å²) in [6, 6.07) is 0. The van der Waals surface area contributed by atoms with Crippen molar-refractivity contribution in [1.82, 2.24) is 15.1 Å². The second-order valence-corrected chi connectivity index (χ2v) is 5.53. The molecule has 0 spiro atoms. The van der Waals surface area contributed by atoms with Crippen molar-refractivity contribution in [3.05, 3.63) is 0 Å². The minimum atomic E-state index is 0.843. The van der Waals surface area contributed by atoms with E-state index in [1.165, 1.54) is 58.7 Å². The molecule has 0 aromatic carbocycles. The summed E-state index contributed by atoms with van der Waals surface area (Å²) in [6.45, 7) is 17.6. The van der Waals surface area contributed by atoms with Crippen LogP contribution in [0.25, 0.3) is 0 Å². The first-order valence-corrected chi connectivity index (χ1v) is 8.61. The Morgan fingerprint density at radius 3 is 2.20 bits per heavy atom. The first kappa shape index (κ1) is 17.9. The molecule has 4 heteroatoms. The molecule has 2 fully saturated rings. The SMILES string of the molecule is CC.CCOCCN1CCN(CC2CCNCC2)CC1. The molecule has 0 aromatic rings. The van der Waals surface area contributed by atoms with Crippen LogP contribution in [0.3, 0.4) is 0 Å². The van der Waals surface area contributed by atoms with Gasteiger partial charge < -0.3 is 15.0 Å². The van der Waals surface area contributed by atoms with Crippen LogP contribution in [-0.4, -0.2) is 75.4 Å². The number of piperazine rings is 1. The quantitative estimate of drug-likeness (QED) is 0.751. The topological polar surface area (TPSA) is 27.7 Å². The third-order valence-corrected chi connectivity index (χ3v) is 4.20. The molecule has 0 saturated carbocycles. The largest absolute Gasteiger partial charge is 0.380 e. The Bertz CT molecular complexity index is 212. The molecule has 0 unspecified atom stereocenters. The van der Waals surface area contributed by atoms with Gasteiger partial charge in [-0.1, -0.05) is 13.8 Å². The summed E-state index contributed by atoms with van der Waals surface area (Å²) >= 11 is 0. The summed E-state index contributed by atoms with van der Waals surface area (Å²) in [7, 11) is 0. The maximum atomic E-state index is 5.42. The zero-order valence-electron chi connectivity index (χ0n) is 13.9. The van der Waals surface area contributed by atoms with Crippen molar-refractivity contribution in [2.75, 3.05) is 65.6 Å². The van der Waals surface area contributed by atoms with E-state index in [9.17, 15) is 0 Å². The lowest BCUT2D eigenvalue weighted by molar-refractivity contribution is 0.0731. The summed E-state index contributed by atoms with van der Waals surface area (Å²) in [4.78, 5) is 5.20. The fourth-order valence-corrected chi connectivity index (χ4v) is 2.96. The zero-order chi connectivity index (χ0) is 14.6. The van der Waals surface area contributed by atoms with E-state index in [2.05, 4.69) is 22.0 Å². The molecule has 0 radical (unpaired) electrons. The lowest BCUT2D eigenvalue weighted by atomic mass is 9.97. The number of rotatable bonds is 6. The van der Waals surface area contributed by atoms with Crippen molar-refractivity contribution in [2.24, 2.45) is 5.92 Å². The smallest absolute Gasteiger partial charge is 0.0593 e. The van der Waals surface area contributed by atoms with E-state index >= 15 is 0 Å². The molecular weight excluding hydrogens is 250 g/mol. The van der Waals surface area contributed by atoms with Crippen molar-refractivity contribution in [2.45, 2.75) is 33.6 Å². The molecule has 0 bridgehead atoms. The van der Waals surface area contributed by atoms with Gasteiger partial charge in [-0.25, -0.2) is 0 Å². The molecule has 2 saturated heterocycles. The van der Waals surface area contributed by atoms with Crippen LogP contribution in [0, 0.1) is 5.92 Å². The first-order valence-electron chi connectivity index (χ1n) is 8.61. The van der Waals surface area contributed by atoms with Gasteiger partial charge in [-0.05, 0) is 38.8 Å². The molecular formula is C16H35N3O. The van der Waals surface area contributed by atoms with Crippen molar-refractivity contribution in [3.63, 3.8) is 0 Å². The van der Waals surface area contributed by atoms with Crippen LogP contribution in [-0.2, 0) is 4.74 Å². The van der Waals surface area contributed by atoms with Gasteiger partial charge in [-0.2, -0.15) is 0 Å². The number of piperidine rings is 1. The van der Waals surface area contributed by atoms with Crippen LogP contribution < -0.4 is 5.32 Å². The zero-order valence-corrected chi connectivity index (χ0v) is 13.9. The lowest BCUT2D eigenvalue weighted by Crippen LogP contribution is -2.49. The van der Waals surface area contributed by atoms with Gasteiger partial charge in [0, 0.05) is 45.9 Å². The van der Waals surface area contributed by atoms with E-state index in [4.69, 9.17) is 4.74 Å². The minimum Gasteiger partial charge on any atom is -0.380 e. The second-order valence-electron chi connectivity index (χ2n) is 5.53. The monoisotopic (exact) mass is 285 g/mol.